The number of rotatable bonds is 2. The van der Waals surface area contributed by atoms with E-state index in [4.69, 9.17) is 0 Å². The van der Waals surface area contributed by atoms with Crippen LogP contribution in [0.4, 0.5) is 4.79 Å². The molecule has 0 aromatic rings. The van der Waals surface area contributed by atoms with Crippen molar-refractivity contribution < 1.29 is 14.1 Å². The minimum atomic E-state index is -1.49. The quantitative estimate of drug-likeness (QED) is 0.272. The van der Waals surface area contributed by atoms with E-state index in [0.29, 0.717) is 6.54 Å². The number of urea groups is 1. The number of fused-ring (bicyclic) bond motifs is 1. The summed E-state index contributed by atoms with van der Waals surface area (Å²) >= 11 is 0. The maximum Gasteiger partial charge on any atom is 0.318 e. The van der Waals surface area contributed by atoms with Gasteiger partial charge in [-0.2, -0.15) is 4.31 Å². The molecule has 0 aromatic carbocycles. The first-order chi connectivity index (χ1) is 10.1. The Labute approximate surface area is 126 Å². The number of β-lactam (4-membered cyclic amide) rings is 1. The van der Waals surface area contributed by atoms with Gasteiger partial charge in [-0.25, -0.2) is 9.35 Å². The second kappa shape index (κ2) is 5.94. The Morgan fingerprint density at radius 1 is 1.43 bits per heavy atom. The fourth-order valence-electron chi connectivity index (χ4n) is 3.38. The Kier molecular flexibility index (Phi) is 4.19. The molecule has 3 heterocycles. The van der Waals surface area contributed by atoms with Crippen LogP contribution < -0.4 is 10.6 Å². The summed E-state index contributed by atoms with van der Waals surface area (Å²) in [6.07, 6.45) is 2.62. The van der Waals surface area contributed by atoms with E-state index in [-0.39, 0.29) is 30.1 Å². The van der Waals surface area contributed by atoms with Gasteiger partial charge in [-0.3, -0.25) is 4.79 Å². The summed E-state index contributed by atoms with van der Waals surface area (Å²) < 4.78 is 11.4. The summed E-state index contributed by atoms with van der Waals surface area (Å²) in [5.41, 5.74) is 0. The SMILES string of the molecule is CC=[SH+](O)N1C(=O)C2C1CCN2C(=O)NC1CCNCC1. The van der Waals surface area contributed by atoms with Crippen LogP contribution in [0.15, 0.2) is 0 Å². The Morgan fingerprint density at radius 3 is 2.81 bits per heavy atom. The molecular formula is C13H23N4O3S+. The molecular weight excluding hydrogens is 292 g/mol. The number of nitrogens with one attached hydrogen (secondary N) is 2. The van der Waals surface area contributed by atoms with Crippen LogP contribution >= 0.6 is 0 Å². The maximum absolute atomic E-state index is 12.4. The van der Waals surface area contributed by atoms with Crippen molar-refractivity contribution in [2.24, 2.45) is 0 Å². The zero-order valence-corrected chi connectivity index (χ0v) is 13.1. The first kappa shape index (κ1) is 14.8. The predicted octanol–water partition coefficient (Wildman–Crippen LogP) is -0.706. The van der Waals surface area contributed by atoms with Crippen molar-refractivity contribution >= 4 is 28.3 Å². The topological polar surface area (TPSA) is 84.9 Å². The minimum absolute atomic E-state index is 0.0106. The molecule has 0 radical (unpaired) electrons. The van der Waals surface area contributed by atoms with Crippen LogP contribution in [-0.4, -0.2) is 68.8 Å². The van der Waals surface area contributed by atoms with Gasteiger partial charge in [-0.05, 0) is 39.3 Å². The van der Waals surface area contributed by atoms with E-state index in [1.165, 1.54) is 4.31 Å². The van der Waals surface area contributed by atoms with Gasteiger partial charge in [0.1, 0.15) is 17.5 Å². The van der Waals surface area contributed by atoms with Crippen LogP contribution in [-0.2, 0) is 15.7 Å². The fraction of sp³-hybridized carbons (Fsp3) is 0.769. The second-order valence-corrected chi connectivity index (χ2v) is 7.32. The van der Waals surface area contributed by atoms with Crippen molar-refractivity contribution in [3.05, 3.63) is 0 Å². The molecule has 3 aliphatic heterocycles. The second-order valence-electron chi connectivity index (χ2n) is 5.73. The molecule has 7 nitrogen and oxygen atoms in total. The highest BCUT2D eigenvalue weighted by Crippen LogP contribution is 2.34. The number of piperidine rings is 1. The van der Waals surface area contributed by atoms with Crippen molar-refractivity contribution in [1.82, 2.24) is 19.8 Å². The van der Waals surface area contributed by atoms with E-state index in [9.17, 15) is 14.1 Å². The molecule has 21 heavy (non-hydrogen) atoms. The molecule has 3 fully saturated rings. The molecule has 0 aliphatic carbocycles. The van der Waals surface area contributed by atoms with E-state index in [0.717, 1.165) is 32.4 Å². The average molecular weight is 315 g/mol. The average Bonchev–Trinajstić information content (AvgIpc) is 2.87. The van der Waals surface area contributed by atoms with Crippen molar-refractivity contribution in [1.29, 1.82) is 0 Å². The van der Waals surface area contributed by atoms with Crippen LogP contribution in [0.3, 0.4) is 0 Å². The van der Waals surface area contributed by atoms with E-state index in [1.54, 1.807) is 17.2 Å². The number of amides is 3. The van der Waals surface area contributed by atoms with E-state index in [1.807, 2.05) is 0 Å². The molecule has 3 amide bonds. The van der Waals surface area contributed by atoms with Crippen molar-refractivity contribution in [2.75, 3.05) is 19.6 Å². The lowest BCUT2D eigenvalue weighted by Gasteiger charge is -2.41. The van der Waals surface area contributed by atoms with E-state index >= 15 is 0 Å². The van der Waals surface area contributed by atoms with Gasteiger partial charge in [0.05, 0.1) is 11.0 Å². The molecule has 0 aromatic heterocycles. The number of carbonyl (C=O) groups is 2. The predicted molar refractivity (Wildman–Crippen MR) is 83.3 cm³/mol. The molecule has 0 saturated carbocycles. The van der Waals surface area contributed by atoms with Gasteiger partial charge in [0.15, 0.2) is 0 Å². The van der Waals surface area contributed by atoms with Crippen LogP contribution in [0.25, 0.3) is 0 Å². The van der Waals surface area contributed by atoms with Gasteiger partial charge in [0, 0.05) is 12.6 Å². The lowest BCUT2D eigenvalue weighted by atomic mass is 10.0. The Hall–Kier alpha value is -1.12. The molecule has 3 aliphatic rings. The van der Waals surface area contributed by atoms with Gasteiger partial charge in [-0.15, -0.1) is 0 Å². The fourth-order valence-corrected chi connectivity index (χ4v) is 4.49. The third-order valence-electron chi connectivity index (χ3n) is 4.54. The summed E-state index contributed by atoms with van der Waals surface area (Å²) in [6, 6.07) is -0.319. The number of nitrogens with zero attached hydrogens (tertiary/aromatic N) is 2. The summed E-state index contributed by atoms with van der Waals surface area (Å²) in [5, 5.41) is 7.95. The molecule has 0 bridgehead atoms. The van der Waals surface area contributed by atoms with Gasteiger partial charge >= 0.3 is 6.03 Å². The minimum Gasteiger partial charge on any atom is -0.335 e. The molecule has 3 unspecified atom stereocenters. The van der Waals surface area contributed by atoms with E-state index in [2.05, 4.69) is 10.6 Å². The molecule has 8 heteroatoms. The molecule has 0 spiro atoms. The summed E-state index contributed by atoms with van der Waals surface area (Å²) in [7, 11) is -1.49. The standard InChI is InChI=1S/C13H22N4O3S/c1-2-21(20)17-10-5-8-16(11(10)12(17)18)13(19)15-9-3-6-14-7-4-9/h2,9-11,14,20H,3-8H2,1H3,(H,15,19)/p+1. The van der Waals surface area contributed by atoms with Gasteiger partial charge in [0.25, 0.3) is 5.91 Å². The first-order valence-electron chi connectivity index (χ1n) is 7.52. The van der Waals surface area contributed by atoms with Crippen molar-refractivity contribution in [3.8, 4) is 0 Å². The van der Waals surface area contributed by atoms with Crippen LogP contribution in [0.2, 0.25) is 0 Å². The third kappa shape index (κ3) is 2.56. The first-order valence-corrected chi connectivity index (χ1v) is 8.83. The summed E-state index contributed by atoms with van der Waals surface area (Å²) in [4.78, 5) is 26.2. The summed E-state index contributed by atoms with van der Waals surface area (Å²) in [5.74, 6) is -0.121. The highest BCUT2D eigenvalue weighted by Gasteiger charge is 2.59. The molecule has 3 atom stereocenters. The van der Waals surface area contributed by atoms with Crippen LogP contribution in [0.1, 0.15) is 26.2 Å². The molecule has 118 valence electrons. The van der Waals surface area contributed by atoms with E-state index < -0.39 is 11.0 Å². The Bertz CT molecular complexity index is 478. The van der Waals surface area contributed by atoms with Gasteiger partial charge in [-0.1, -0.05) is 0 Å². The normalized spacial score (nSPS) is 31.0. The molecule has 3 rings (SSSR count). The van der Waals surface area contributed by atoms with Crippen LogP contribution in [0.5, 0.6) is 0 Å². The number of hydrogen-bond donors (Lipinski definition) is 3. The number of carbonyl (C=O) groups excluding carboxylic acids is 2. The van der Waals surface area contributed by atoms with Crippen molar-refractivity contribution in [3.63, 3.8) is 0 Å². The van der Waals surface area contributed by atoms with Gasteiger partial charge in [0.2, 0.25) is 0 Å². The molecule has 3 saturated heterocycles. The van der Waals surface area contributed by atoms with Gasteiger partial charge < -0.3 is 15.5 Å². The lowest BCUT2D eigenvalue weighted by molar-refractivity contribution is -0.142. The lowest BCUT2D eigenvalue weighted by Crippen LogP contribution is -2.68. The third-order valence-corrected chi connectivity index (χ3v) is 5.94. The highest BCUT2D eigenvalue weighted by atomic mass is 32.2. The Balaban J connectivity index is 1.61. The number of likely N-dealkylation sites (tertiary alicyclic amines) is 1. The summed E-state index contributed by atoms with van der Waals surface area (Å²) in [6.45, 7) is 4.18. The van der Waals surface area contributed by atoms with Crippen molar-refractivity contribution in [2.45, 2.75) is 44.3 Å². The monoisotopic (exact) mass is 315 g/mol. The maximum atomic E-state index is 12.4. The Morgan fingerprint density at radius 2 is 2.14 bits per heavy atom. The molecule has 3 N–H and O–H groups in total. The number of thiol groups is 1. The largest absolute Gasteiger partial charge is 0.335 e. The smallest absolute Gasteiger partial charge is 0.318 e. The zero-order chi connectivity index (χ0) is 15.0. The number of hydrogen-bond acceptors (Lipinski definition) is 4. The van der Waals surface area contributed by atoms with Crippen LogP contribution in [0, 0.1) is 0 Å². The zero-order valence-electron chi connectivity index (χ0n) is 12.2. The highest BCUT2D eigenvalue weighted by molar-refractivity contribution is 7.88.